The highest BCUT2D eigenvalue weighted by Gasteiger charge is 2.20. The van der Waals surface area contributed by atoms with Crippen molar-refractivity contribution in [3.05, 3.63) is 194 Å². The van der Waals surface area contributed by atoms with E-state index in [2.05, 4.69) is 194 Å². The molecule has 0 N–H and O–H groups in total. The highest BCUT2D eigenvalue weighted by atomic mass is 32.1. The first kappa shape index (κ1) is 33.1. The van der Waals surface area contributed by atoms with Crippen molar-refractivity contribution >= 4 is 118 Å². The number of hydrogen-bond donors (Lipinski definition) is 0. The van der Waals surface area contributed by atoms with Gasteiger partial charge in [-0.25, -0.2) is 0 Å². The van der Waals surface area contributed by atoms with Crippen molar-refractivity contribution in [3.8, 4) is 33.4 Å². The van der Waals surface area contributed by atoms with E-state index in [1.165, 1.54) is 69.2 Å². The van der Waals surface area contributed by atoms with Crippen LogP contribution in [0.15, 0.2) is 203 Å². The summed E-state index contributed by atoms with van der Waals surface area (Å²) in [6.45, 7) is 0. The molecule has 0 saturated carbocycles. The summed E-state index contributed by atoms with van der Waals surface area (Å²) in [4.78, 5) is 0. The molecule has 0 fully saturated rings. The lowest BCUT2D eigenvalue weighted by atomic mass is 9.84. The predicted molar refractivity (Wildman–Crippen MR) is 260 cm³/mol. The van der Waals surface area contributed by atoms with Crippen LogP contribution < -0.4 is 0 Å². The van der Waals surface area contributed by atoms with Crippen molar-refractivity contribution in [2.75, 3.05) is 0 Å². The van der Waals surface area contributed by atoms with Crippen LogP contribution in [0.1, 0.15) is 0 Å². The number of rotatable bonds is 3. The van der Waals surface area contributed by atoms with Crippen LogP contribution in [-0.2, 0) is 0 Å². The monoisotopic (exact) mass is 792 g/mol. The molecule has 14 rings (SSSR count). The molecule has 0 atom stereocenters. The Balaban J connectivity index is 0.882. The number of hydrogen-bond acceptors (Lipinski definition) is 3. The third-order valence-electron chi connectivity index (χ3n) is 13.0. The van der Waals surface area contributed by atoms with Gasteiger partial charge in [0.25, 0.3) is 0 Å². The van der Waals surface area contributed by atoms with Gasteiger partial charge in [0, 0.05) is 47.1 Å². The summed E-state index contributed by atoms with van der Waals surface area (Å²) in [6, 6.07) is 70.8. The molecule has 14 aromatic rings. The summed E-state index contributed by atoms with van der Waals surface area (Å²) in [5.74, 6) is 0. The van der Waals surface area contributed by atoms with Gasteiger partial charge in [-0.15, -0.1) is 11.3 Å². The molecule has 3 heterocycles. The minimum Gasteiger partial charge on any atom is -0.456 e. The first-order valence-electron chi connectivity index (χ1n) is 20.8. The van der Waals surface area contributed by atoms with E-state index in [-0.39, 0.29) is 0 Å². The summed E-state index contributed by atoms with van der Waals surface area (Å²) < 4.78 is 15.9. The lowest BCUT2D eigenvalue weighted by Gasteiger charge is -2.18. The molecular formula is C58H32O2S. The quantitative estimate of drug-likeness (QED) is 0.167. The van der Waals surface area contributed by atoms with E-state index in [9.17, 15) is 0 Å². The van der Waals surface area contributed by atoms with Gasteiger partial charge < -0.3 is 8.83 Å². The Kier molecular flexibility index (Phi) is 6.74. The number of benzene rings is 11. The van der Waals surface area contributed by atoms with E-state index < -0.39 is 0 Å². The zero-order valence-corrected chi connectivity index (χ0v) is 33.5. The van der Waals surface area contributed by atoms with Crippen LogP contribution in [0.25, 0.3) is 141 Å². The molecule has 0 amide bonds. The topological polar surface area (TPSA) is 26.3 Å². The molecule has 0 spiro atoms. The molecular weight excluding hydrogens is 761 g/mol. The fraction of sp³-hybridized carbons (Fsp3) is 0. The summed E-state index contributed by atoms with van der Waals surface area (Å²) in [5, 5.41) is 16.8. The molecule has 0 bridgehead atoms. The predicted octanol–water partition coefficient (Wildman–Crippen LogP) is 17.5. The maximum absolute atomic E-state index is 6.76. The van der Waals surface area contributed by atoms with Crippen molar-refractivity contribution in [1.82, 2.24) is 0 Å². The lowest BCUT2D eigenvalue weighted by Crippen LogP contribution is -1.91. The zero-order chi connectivity index (χ0) is 39.8. The largest absolute Gasteiger partial charge is 0.456 e. The fourth-order valence-corrected chi connectivity index (χ4v) is 11.4. The Morgan fingerprint density at radius 1 is 0.279 bits per heavy atom. The van der Waals surface area contributed by atoms with Gasteiger partial charge in [-0.1, -0.05) is 133 Å². The van der Waals surface area contributed by atoms with E-state index in [4.69, 9.17) is 8.83 Å². The average Bonchev–Trinajstić information content (AvgIpc) is 3.99. The Morgan fingerprint density at radius 3 is 1.62 bits per heavy atom. The highest BCUT2D eigenvalue weighted by molar-refractivity contribution is 7.25. The Bertz CT molecular complexity index is 4120. The second-order valence-corrected chi connectivity index (χ2v) is 17.4. The second kappa shape index (κ2) is 12.4. The molecule has 11 aromatic carbocycles. The molecule has 0 unspecified atom stereocenters. The van der Waals surface area contributed by atoms with Gasteiger partial charge in [0.15, 0.2) is 0 Å². The van der Waals surface area contributed by atoms with Crippen LogP contribution >= 0.6 is 11.3 Å². The third kappa shape index (κ3) is 4.78. The van der Waals surface area contributed by atoms with Gasteiger partial charge in [-0.3, -0.25) is 0 Å². The van der Waals surface area contributed by atoms with Crippen LogP contribution in [0.2, 0.25) is 0 Å². The molecule has 3 aromatic heterocycles. The molecule has 0 aliphatic carbocycles. The Morgan fingerprint density at radius 2 is 0.852 bits per heavy atom. The first-order valence-corrected chi connectivity index (χ1v) is 21.6. The zero-order valence-electron chi connectivity index (χ0n) is 32.7. The molecule has 0 aliphatic rings. The van der Waals surface area contributed by atoms with E-state index in [1.54, 1.807) is 0 Å². The Labute approximate surface area is 353 Å². The summed E-state index contributed by atoms with van der Waals surface area (Å²) in [6.07, 6.45) is 0. The van der Waals surface area contributed by atoms with Crippen LogP contribution in [0, 0.1) is 0 Å². The van der Waals surface area contributed by atoms with Crippen LogP contribution in [-0.4, -0.2) is 0 Å². The molecule has 0 aliphatic heterocycles. The standard InChI is InChI=1S/C58H32O2S/c1-2-12-38-33(10-1)11-9-18-43(38)57-46-16-5-3-14-44(46)56(45-15-4-6-17-47(45)57)37-23-26-41-40-25-21-35(29-51(40)59-52(41)30-37)34-20-24-39-36(28-34)22-27-48-49-31-50-42-13-7-8-19-54(42)61-55(50)32-53(49)60-58(39)48/h1-32H. The number of thiophene rings is 1. The molecule has 61 heavy (non-hydrogen) atoms. The fourth-order valence-electron chi connectivity index (χ4n) is 10.2. The second-order valence-electron chi connectivity index (χ2n) is 16.3. The van der Waals surface area contributed by atoms with Crippen LogP contribution in [0.5, 0.6) is 0 Å². The van der Waals surface area contributed by atoms with E-state index in [0.29, 0.717) is 0 Å². The van der Waals surface area contributed by atoms with Gasteiger partial charge in [-0.2, -0.15) is 0 Å². The van der Waals surface area contributed by atoms with Crippen LogP contribution in [0.3, 0.4) is 0 Å². The maximum Gasteiger partial charge on any atom is 0.143 e. The first-order chi connectivity index (χ1) is 30.2. The molecule has 0 radical (unpaired) electrons. The molecule has 0 saturated heterocycles. The van der Waals surface area contributed by atoms with Crippen molar-refractivity contribution in [2.45, 2.75) is 0 Å². The average molecular weight is 793 g/mol. The van der Waals surface area contributed by atoms with Crippen molar-refractivity contribution in [2.24, 2.45) is 0 Å². The summed E-state index contributed by atoms with van der Waals surface area (Å²) in [5.41, 5.74) is 10.8. The number of furan rings is 2. The highest BCUT2D eigenvalue weighted by Crippen LogP contribution is 2.47. The SMILES string of the molecule is c1ccc2c(-c3c4ccccc4c(-c4ccc5c(c4)oc4cc(-c6ccc7c(ccc8c9cc%10c(cc9oc78)sc7ccccc7%10)c6)ccc45)c4ccccc34)cccc2c1. The minimum atomic E-state index is 0.881. The van der Waals surface area contributed by atoms with Gasteiger partial charge in [0.1, 0.15) is 22.3 Å². The van der Waals surface area contributed by atoms with Gasteiger partial charge in [0.2, 0.25) is 0 Å². The summed E-state index contributed by atoms with van der Waals surface area (Å²) in [7, 11) is 0. The minimum absolute atomic E-state index is 0.881. The van der Waals surface area contributed by atoms with E-state index >= 15 is 0 Å². The lowest BCUT2D eigenvalue weighted by molar-refractivity contribution is 0.669. The molecule has 2 nitrogen and oxygen atoms in total. The third-order valence-corrected chi connectivity index (χ3v) is 14.2. The van der Waals surface area contributed by atoms with Crippen molar-refractivity contribution in [1.29, 1.82) is 0 Å². The van der Waals surface area contributed by atoms with E-state index in [1.807, 2.05) is 11.3 Å². The van der Waals surface area contributed by atoms with Crippen molar-refractivity contribution in [3.63, 3.8) is 0 Å². The van der Waals surface area contributed by atoms with Gasteiger partial charge >= 0.3 is 0 Å². The normalized spacial score (nSPS) is 12.3. The van der Waals surface area contributed by atoms with Gasteiger partial charge in [0.05, 0.1) is 0 Å². The van der Waals surface area contributed by atoms with Crippen LogP contribution in [0.4, 0.5) is 0 Å². The Hall–Kier alpha value is -7.72. The number of fused-ring (bicyclic) bond motifs is 14. The van der Waals surface area contributed by atoms with E-state index in [0.717, 1.165) is 71.3 Å². The molecule has 282 valence electrons. The smallest absolute Gasteiger partial charge is 0.143 e. The van der Waals surface area contributed by atoms with Crippen molar-refractivity contribution < 1.29 is 8.83 Å². The maximum atomic E-state index is 6.76. The van der Waals surface area contributed by atoms with Gasteiger partial charge in [-0.05, 0) is 132 Å². The summed E-state index contributed by atoms with van der Waals surface area (Å²) >= 11 is 1.82. The molecule has 3 heteroatoms.